The smallest absolute Gasteiger partial charge is 0.404 e. The number of aryl methyl sites for hydroxylation is 2. The number of nitrogens with two attached hydrogens (primary N) is 1. The van der Waals surface area contributed by atoms with Crippen LogP contribution in [-0.2, 0) is 4.74 Å². The van der Waals surface area contributed by atoms with Crippen LogP contribution in [0, 0.1) is 25.7 Å². The minimum absolute atomic E-state index is 0.356. The average molecular weight is 362 g/mol. The molecule has 1 amide bonds. The molecule has 0 unspecified atom stereocenters. The zero-order chi connectivity index (χ0) is 19.2. The number of hydrogen-bond acceptors (Lipinski definition) is 2. The Bertz CT molecular complexity index is 455. The number of rotatable bonds is 2. The molecule has 3 rings (SSSR count). The fourth-order valence-electron chi connectivity index (χ4n) is 4.16. The summed E-state index contributed by atoms with van der Waals surface area (Å²) in [7, 11) is 0. The molecule has 3 heteroatoms. The Balaban J connectivity index is 0.000000211. The van der Waals surface area contributed by atoms with Gasteiger partial charge in [0.25, 0.3) is 0 Å². The molecule has 2 aliphatic rings. The van der Waals surface area contributed by atoms with Crippen LogP contribution in [0.5, 0.6) is 0 Å². The predicted molar refractivity (Wildman–Crippen MR) is 110 cm³/mol. The summed E-state index contributed by atoms with van der Waals surface area (Å²) in [6, 6.07) is 8.45. The molecule has 26 heavy (non-hydrogen) atoms. The van der Waals surface area contributed by atoms with E-state index in [1.807, 2.05) is 0 Å². The van der Waals surface area contributed by atoms with Crippen molar-refractivity contribution in [3.63, 3.8) is 0 Å². The second-order valence-corrected chi connectivity index (χ2v) is 7.71. The third kappa shape index (κ3) is 10.5. The summed E-state index contributed by atoms with van der Waals surface area (Å²) in [4.78, 5) is 9.60. The number of carbonyl (C=O) groups excluding carboxylic acids is 1. The number of amides is 1. The standard InChI is InChI=1S/C12H22.C8H10.C3H7NO2/c1-3-7-11(8-4-1)12-9-5-2-6-10-12;1-7-4-3-5-8(2)6-7;1-2-6-3(4)5/h11-12H,1-10H2;3-6H,1-2H3;2H2,1H3,(H2,4,5). The van der Waals surface area contributed by atoms with Gasteiger partial charge in [0.1, 0.15) is 0 Å². The highest BCUT2D eigenvalue weighted by molar-refractivity contribution is 5.64. The van der Waals surface area contributed by atoms with Gasteiger partial charge in [0.15, 0.2) is 0 Å². The molecular formula is C23H39NO2. The van der Waals surface area contributed by atoms with Crippen molar-refractivity contribution in [1.29, 1.82) is 0 Å². The largest absolute Gasteiger partial charge is 0.450 e. The van der Waals surface area contributed by atoms with Crippen molar-refractivity contribution in [2.45, 2.75) is 85.0 Å². The molecule has 2 saturated carbocycles. The lowest BCUT2D eigenvalue weighted by molar-refractivity contribution is 0.163. The van der Waals surface area contributed by atoms with E-state index in [0.29, 0.717) is 6.61 Å². The van der Waals surface area contributed by atoms with Crippen molar-refractivity contribution in [2.75, 3.05) is 6.61 Å². The lowest BCUT2D eigenvalue weighted by Gasteiger charge is -2.32. The van der Waals surface area contributed by atoms with E-state index >= 15 is 0 Å². The van der Waals surface area contributed by atoms with E-state index in [9.17, 15) is 4.79 Å². The molecular weight excluding hydrogens is 322 g/mol. The normalized spacial score (nSPS) is 18.0. The van der Waals surface area contributed by atoms with Gasteiger partial charge < -0.3 is 10.5 Å². The molecule has 0 atom stereocenters. The van der Waals surface area contributed by atoms with E-state index < -0.39 is 6.09 Å². The Kier molecular flexibility index (Phi) is 11.8. The fraction of sp³-hybridized carbons (Fsp3) is 0.696. The highest BCUT2D eigenvalue weighted by Crippen LogP contribution is 2.37. The first-order chi connectivity index (χ1) is 12.5. The number of hydrogen-bond donors (Lipinski definition) is 1. The van der Waals surface area contributed by atoms with Crippen LogP contribution < -0.4 is 5.73 Å². The third-order valence-electron chi connectivity index (χ3n) is 5.43. The van der Waals surface area contributed by atoms with Gasteiger partial charge in [-0.3, -0.25) is 0 Å². The zero-order valence-corrected chi connectivity index (χ0v) is 17.1. The highest BCUT2D eigenvalue weighted by Gasteiger charge is 2.24. The molecule has 2 N–H and O–H groups in total. The first-order valence-corrected chi connectivity index (χ1v) is 10.5. The van der Waals surface area contributed by atoms with Crippen molar-refractivity contribution in [3.05, 3.63) is 35.4 Å². The van der Waals surface area contributed by atoms with E-state index in [1.165, 1.54) is 49.7 Å². The first kappa shape index (κ1) is 22.5. The predicted octanol–water partition coefficient (Wildman–Crippen LogP) is 6.55. The number of primary amides is 1. The lowest BCUT2D eigenvalue weighted by atomic mass is 9.73. The maximum atomic E-state index is 9.60. The number of ether oxygens (including phenoxy) is 1. The summed E-state index contributed by atoms with van der Waals surface area (Å²) in [5, 5.41) is 0. The molecule has 1 aromatic rings. The fourth-order valence-corrected chi connectivity index (χ4v) is 4.16. The van der Waals surface area contributed by atoms with Crippen molar-refractivity contribution in [1.82, 2.24) is 0 Å². The summed E-state index contributed by atoms with van der Waals surface area (Å²) in [6.07, 6.45) is 14.7. The maximum absolute atomic E-state index is 9.60. The highest BCUT2D eigenvalue weighted by atomic mass is 16.5. The minimum atomic E-state index is -0.711. The summed E-state index contributed by atoms with van der Waals surface area (Å²) in [6.45, 7) is 6.26. The molecule has 0 heterocycles. The minimum Gasteiger partial charge on any atom is -0.450 e. The van der Waals surface area contributed by atoms with E-state index in [4.69, 9.17) is 0 Å². The van der Waals surface area contributed by atoms with E-state index in [2.05, 4.69) is 48.6 Å². The second-order valence-electron chi connectivity index (χ2n) is 7.71. The molecule has 0 aliphatic heterocycles. The summed E-state index contributed by atoms with van der Waals surface area (Å²) >= 11 is 0. The van der Waals surface area contributed by atoms with Crippen LogP contribution >= 0.6 is 0 Å². The Hall–Kier alpha value is -1.51. The molecule has 0 saturated heterocycles. The summed E-state index contributed by atoms with van der Waals surface area (Å²) < 4.78 is 4.18. The van der Waals surface area contributed by atoms with Crippen molar-refractivity contribution in [2.24, 2.45) is 17.6 Å². The Morgan fingerprint density at radius 3 is 1.58 bits per heavy atom. The van der Waals surface area contributed by atoms with Crippen molar-refractivity contribution < 1.29 is 9.53 Å². The molecule has 1 aromatic carbocycles. The van der Waals surface area contributed by atoms with E-state index in [1.54, 1.807) is 32.6 Å². The molecule has 148 valence electrons. The van der Waals surface area contributed by atoms with Gasteiger partial charge in [-0.1, -0.05) is 99.6 Å². The van der Waals surface area contributed by atoms with E-state index in [0.717, 1.165) is 11.8 Å². The van der Waals surface area contributed by atoms with Gasteiger partial charge >= 0.3 is 6.09 Å². The van der Waals surface area contributed by atoms with Crippen LogP contribution in [0.3, 0.4) is 0 Å². The Morgan fingerprint density at radius 1 is 0.923 bits per heavy atom. The van der Waals surface area contributed by atoms with Crippen LogP contribution in [0.1, 0.15) is 82.3 Å². The van der Waals surface area contributed by atoms with Crippen LogP contribution in [0.25, 0.3) is 0 Å². The summed E-state index contributed by atoms with van der Waals surface area (Å²) in [5.41, 5.74) is 7.22. The first-order valence-electron chi connectivity index (χ1n) is 10.5. The van der Waals surface area contributed by atoms with E-state index in [-0.39, 0.29) is 0 Å². The van der Waals surface area contributed by atoms with Crippen molar-refractivity contribution in [3.8, 4) is 0 Å². The monoisotopic (exact) mass is 361 g/mol. The van der Waals surface area contributed by atoms with Gasteiger partial charge in [-0.05, 0) is 32.6 Å². The van der Waals surface area contributed by atoms with Crippen molar-refractivity contribution >= 4 is 6.09 Å². The van der Waals surface area contributed by atoms with Gasteiger partial charge in [0.2, 0.25) is 0 Å². The average Bonchev–Trinajstić information content (AvgIpc) is 2.64. The maximum Gasteiger partial charge on any atom is 0.404 e. The van der Waals surface area contributed by atoms with Crippen LogP contribution in [0.4, 0.5) is 4.79 Å². The number of benzene rings is 1. The molecule has 2 fully saturated rings. The molecule has 0 spiro atoms. The molecule has 2 aliphatic carbocycles. The molecule has 0 bridgehead atoms. The third-order valence-corrected chi connectivity index (χ3v) is 5.43. The molecule has 3 nitrogen and oxygen atoms in total. The SMILES string of the molecule is C1CCC(C2CCCCC2)CC1.CCOC(N)=O.Cc1cccc(C)c1. The topological polar surface area (TPSA) is 52.3 Å². The molecule has 0 radical (unpaired) electrons. The molecule has 0 aromatic heterocycles. The van der Waals surface area contributed by atoms with Gasteiger partial charge in [0, 0.05) is 0 Å². The lowest BCUT2D eigenvalue weighted by Crippen LogP contribution is -2.20. The summed E-state index contributed by atoms with van der Waals surface area (Å²) in [5.74, 6) is 2.28. The van der Waals surface area contributed by atoms with Gasteiger partial charge in [-0.15, -0.1) is 0 Å². The zero-order valence-electron chi connectivity index (χ0n) is 17.1. The van der Waals surface area contributed by atoms with Crippen LogP contribution in [0.15, 0.2) is 24.3 Å². The Morgan fingerprint density at radius 2 is 1.35 bits per heavy atom. The number of carbonyl (C=O) groups is 1. The second kappa shape index (κ2) is 13.7. The Labute approximate surface area is 160 Å². The quantitative estimate of drug-likeness (QED) is 0.649. The van der Waals surface area contributed by atoms with Gasteiger partial charge in [-0.2, -0.15) is 0 Å². The van der Waals surface area contributed by atoms with Gasteiger partial charge in [-0.25, -0.2) is 4.79 Å². The van der Waals surface area contributed by atoms with Crippen LogP contribution in [-0.4, -0.2) is 12.7 Å². The van der Waals surface area contributed by atoms with Crippen LogP contribution in [0.2, 0.25) is 0 Å². The van der Waals surface area contributed by atoms with Gasteiger partial charge in [0.05, 0.1) is 6.61 Å².